The van der Waals surface area contributed by atoms with Gasteiger partial charge in [0, 0.05) is 23.8 Å². The second-order valence-corrected chi connectivity index (χ2v) is 4.56. The van der Waals surface area contributed by atoms with Gasteiger partial charge in [-0.1, -0.05) is 17.7 Å². The number of anilines is 1. The molecule has 1 aliphatic rings. The van der Waals surface area contributed by atoms with E-state index in [-0.39, 0.29) is 24.9 Å². The molecule has 2 amide bonds. The molecule has 1 aliphatic heterocycles. The van der Waals surface area contributed by atoms with Crippen LogP contribution in [-0.2, 0) is 9.59 Å². The van der Waals surface area contributed by atoms with Crippen LogP contribution in [-0.4, -0.2) is 42.9 Å². The highest BCUT2D eigenvalue weighted by Crippen LogP contribution is 2.14. The number of piperazine rings is 1. The van der Waals surface area contributed by atoms with Crippen LogP contribution in [0.2, 0.25) is 5.02 Å². The first kappa shape index (κ1) is 12.9. The Labute approximate surface area is 110 Å². The van der Waals surface area contributed by atoms with Crippen LogP contribution in [0.5, 0.6) is 0 Å². The van der Waals surface area contributed by atoms with Gasteiger partial charge >= 0.3 is 0 Å². The first-order valence-electron chi connectivity index (χ1n) is 5.68. The molecular formula is C12H14ClN3O2. The predicted molar refractivity (Wildman–Crippen MR) is 69.5 cm³/mol. The summed E-state index contributed by atoms with van der Waals surface area (Å²) < 4.78 is 0. The van der Waals surface area contributed by atoms with E-state index in [9.17, 15) is 9.59 Å². The molecule has 1 saturated heterocycles. The fourth-order valence-corrected chi connectivity index (χ4v) is 1.99. The molecule has 5 nitrogen and oxygen atoms in total. The number of hydrogen-bond acceptors (Lipinski definition) is 3. The summed E-state index contributed by atoms with van der Waals surface area (Å²) in [6.07, 6.45) is 0. The minimum Gasteiger partial charge on any atom is -0.354 e. The van der Waals surface area contributed by atoms with E-state index in [1.54, 1.807) is 29.2 Å². The van der Waals surface area contributed by atoms with Gasteiger partial charge in [0.25, 0.3) is 0 Å². The molecule has 0 saturated carbocycles. The summed E-state index contributed by atoms with van der Waals surface area (Å²) in [5, 5.41) is 6.03. The minimum atomic E-state index is -0.146. The molecule has 1 fully saturated rings. The summed E-state index contributed by atoms with van der Waals surface area (Å²) in [7, 11) is 0. The quantitative estimate of drug-likeness (QED) is 0.848. The van der Waals surface area contributed by atoms with Crippen LogP contribution < -0.4 is 10.6 Å². The average Bonchev–Trinajstić information content (AvgIpc) is 2.28. The fourth-order valence-electron chi connectivity index (χ4n) is 1.80. The van der Waals surface area contributed by atoms with Crippen LogP contribution in [0, 0.1) is 0 Å². The van der Waals surface area contributed by atoms with Gasteiger partial charge < -0.3 is 10.6 Å². The van der Waals surface area contributed by atoms with E-state index in [2.05, 4.69) is 10.6 Å². The van der Waals surface area contributed by atoms with Gasteiger partial charge in [-0.15, -0.1) is 0 Å². The Hall–Kier alpha value is -1.59. The van der Waals surface area contributed by atoms with Gasteiger partial charge in [0.2, 0.25) is 11.8 Å². The van der Waals surface area contributed by atoms with Crippen molar-refractivity contribution in [1.29, 1.82) is 0 Å². The van der Waals surface area contributed by atoms with Crippen molar-refractivity contribution in [2.24, 2.45) is 0 Å². The zero-order chi connectivity index (χ0) is 13.0. The maximum Gasteiger partial charge on any atom is 0.238 e. The number of nitrogens with zero attached hydrogens (tertiary/aromatic N) is 1. The van der Waals surface area contributed by atoms with Gasteiger partial charge in [-0.3, -0.25) is 14.5 Å². The number of benzene rings is 1. The Kier molecular flexibility index (Phi) is 4.17. The van der Waals surface area contributed by atoms with E-state index in [1.807, 2.05) is 0 Å². The van der Waals surface area contributed by atoms with E-state index < -0.39 is 0 Å². The van der Waals surface area contributed by atoms with E-state index in [0.29, 0.717) is 23.8 Å². The van der Waals surface area contributed by atoms with E-state index in [1.165, 1.54) is 0 Å². The Morgan fingerprint density at radius 1 is 1.50 bits per heavy atom. The van der Waals surface area contributed by atoms with E-state index >= 15 is 0 Å². The van der Waals surface area contributed by atoms with Crippen LogP contribution in [0.1, 0.15) is 0 Å². The number of amides is 2. The van der Waals surface area contributed by atoms with Crippen LogP contribution >= 0.6 is 11.6 Å². The van der Waals surface area contributed by atoms with E-state index in [0.717, 1.165) is 0 Å². The Morgan fingerprint density at radius 2 is 2.33 bits per heavy atom. The van der Waals surface area contributed by atoms with Gasteiger partial charge in [0.1, 0.15) is 0 Å². The van der Waals surface area contributed by atoms with Crippen molar-refractivity contribution in [1.82, 2.24) is 10.2 Å². The molecule has 0 radical (unpaired) electrons. The van der Waals surface area contributed by atoms with Gasteiger partial charge in [0.15, 0.2) is 0 Å². The molecule has 1 aromatic rings. The lowest BCUT2D eigenvalue weighted by Gasteiger charge is -2.25. The van der Waals surface area contributed by atoms with Gasteiger partial charge in [0.05, 0.1) is 13.1 Å². The molecule has 1 heterocycles. The summed E-state index contributed by atoms with van der Waals surface area (Å²) in [6.45, 7) is 1.75. The molecule has 6 heteroatoms. The molecular weight excluding hydrogens is 254 g/mol. The lowest BCUT2D eigenvalue weighted by molar-refractivity contribution is -0.125. The van der Waals surface area contributed by atoms with Gasteiger partial charge in [-0.25, -0.2) is 0 Å². The standard InChI is InChI=1S/C12H14ClN3O2/c13-9-2-1-3-10(6-9)15-12(18)8-16-5-4-14-11(17)7-16/h1-3,6H,4-5,7-8H2,(H,14,17)(H,15,18). The number of hydrogen-bond donors (Lipinski definition) is 2. The largest absolute Gasteiger partial charge is 0.354 e. The first-order valence-corrected chi connectivity index (χ1v) is 6.06. The summed E-state index contributed by atoms with van der Waals surface area (Å²) in [5.74, 6) is -0.191. The maximum absolute atomic E-state index is 11.8. The molecule has 2 rings (SSSR count). The van der Waals surface area contributed by atoms with Crippen LogP contribution in [0.4, 0.5) is 5.69 Å². The Morgan fingerprint density at radius 3 is 3.06 bits per heavy atom. The zero-order valence-corrected chi connectivity index (χ0v) is 10.5. The molecule has 0 aliphatic carbocycles. The van der Waals surface area contributed by atoms with Crippen LogP contribution in [0.15, 0.2) is 24.3 Å². The first-order chi connectivity index (χ1) is 8.63. The number of nitrogens with one attached hydrogen (secondary N) is 2. The highest BCUT2D eigenvalue weighted by Gasteiger charge is 2.18. The minimum absolute atomic E-state index is 0.0446. The summed E-state index contributed by atoms with van der Waals surface area (Å²) in [5.41, 5.74) is 0.661. The van der Waals surface area contributed by atoms with Gasteiger partial charge in [-0.2, -0.15) is 0 Å². The van der Waals surface area contributed by atoms with Crippen molar-refractivity contribution in [2.45, 2.75) is 0 Å². The molecule has 0 unspecified atom stereocenters. The second kappa shape index (κ2) is 5.84. The SMILES string of the molecule is O=C1CN(CC(=O)Nc2cccc(Cl)c2)CCN1. The number of rotatable bonds is 3. The summed E-state index contributed by atoms with van der Waals surface area (Å²) in [6, 6.07) is 6.97. The van der Waals surface area contributed by atoms with Crippen LogP contribution in [0.25, 0.3) is 0 Å². The summed E-state index contributed by atoms with van der Waals surface area (Å²) >= 11 is 5.82. The smallest absolute Gasteiger partial charge is 0.238 e. The number of carbonyl (C=O) groups is 2. The van der Waals surface area contributed by atoms with Crippen molar-refractivity contribution >= 4 is 29.1 Å². The topological polar surface area (TPSA) is 61.4 Å². The zero-order valence-electron chi connectivity index (χ0n) is 9.78. The molecule has 0 bridgehead atoms. The Bertz CT molecular complexity index is 464. The summed E-state index contributed by atoms with van der Waals surface area (Å²) in [4.78, 5) is 24.7. The van der Waals surface area contributed by atoms with Crippen molar-refractivity contribution < 1.29 is 9.59 Å². The fraction of sp³-hybridized carbons (Fsp3) is 0.333. The molecule has 0 atom stereocenters. The molecule has 96 valence electrons. The predicted octanol–water partition coefficient (Wildman–Crippen LogP) is 0.710. The average molecular weight is 268 g/mol. The van der Waals surface area contributed by atoms with Crippen LogP contribution in [0.3, 0.4) is 0 Å². The molecule has 0 spiro atoms. The lowest BCUT2D eigenvalue weighted by Crippen LogP contribution is -2.49. The number of carbonyl (C=O) groups excluding carboxylic acids is 2. The van der Waals surface area contributed by atoms with E-state index in [4.69, 9.17) is 11.6 Å². The monoisotopic (exact) mass is 267 g/mol. The van der Waals surface area contributed by atoms with Crippen molar-refractivity contribution in [3.8, 4) is 0 Å². The molecule has 0 aromatic heterocycles. The van der Waals surface area contributed by atoms with Crippen molar-refractivity contribution in [3.63, 3.8) is 0 Å². The van der Waals surface area contributed by atoms with Crippen molar-refractivity contribution in [2.75, 3.05) is 31.5 Å². The number of halogens is 1. The normalized spacial score (nSPS) is 16.2. The molecule has 2 N–H and O–H groups in total. The third-order valence-corrected chi connectivity index (χ3v) is 2.83. The second-order valence-electron chi connectivity index (χ2n) is 4.12. The van der Waals surface area contributed by atoms with Crippen molar-refractivity contribution in [3.05, 3.63) is 29.3 Å². The third-order valence-electron chi connectivity index (χ3n) is 2.59. The van der Waals surface area contributed by atoms with Gasteiger partial charge in [-0.05, 0) is 18.2 Å². The highest BCUT2D eigenvalue weighted by atomic mass is 35.5. The highest BCUT2D eigenvalue weighted by molar-refractivity contribution is 6.30. The maximum atomic E-state index is 11.8. The lowest BCUT2D eigenvalue weighted by atomic mass is 10.3. The molecule has 1 aromatic carbocycles. The molecule has 18 heavy (non-hydrogen) atoms. The third kappa shape index (κ3) is 3.72. The Balaban J connectivity index is 1.86.